The van der Waals surface area contributed by atoms with Crippen molar-refractivity contribution < 1.29 is 0 Å². The van der Waals surface area contributed by atoms with Crippen LogP contribution in [0.15, 0.2) is 72.8 Å². The molecular weight excluding hydrogens is 290 g/mol. The van der Waals surface area contributed by atoms with Crippen LogP contribution in [-0.2, 0) is 6.42 Å². The van der Waals surface area contributed by atoms with Gasteiger partial charge in [-0.2, -0.15) is 0 Å². The van der Waals surface area contributed by atoms with Crippen molar-refractivity contribution in [1.82, 2.24) is 0 Å². The van der Waals surface area contributed by atoms with Crippen molar-refractivity contribution in [3.63, 3.8) is 0 Å². The van der Waals surface area contributed by atoms with Gasteiger partial charge in [-0.15, -0.1) is 0 Å². The van der Waals surface area contributed by atoms with Crippen LogP contribution in [-0.4, -0.2) is 0 Å². The molecule has 0 aliphatic carbocycles. The first-order chi connectivity index (χ1) is 11.7. The second kappa shape index (κ2) is 7.35. The molecule has 0 aromatic heterocycles. The lowest BCUT2D eigenvalue weighted by atomic mass is 9.88. The van der Waals surface area contributed by atoms with E-state index in [2.05, 4.69) is 86.6 Å². The van der Waals surface area contributed by atoms with Crippen LogP contribution in [0.5, 0.6) is 0 Å². The Hall–Kier alpha value is -2.54. The average molecular weight is 315 g/mol. The van der Waals surface area contributed by atoms with Gasteiger partial charge in [0.25, 0.3) is 0 Å². The van der Waals surface area contributed by atoms with Crippen LogP contribution in [0.3, 0.4) is 0 Å². The second-order valence-corrected chi connectivity index (χ2v) is 6.48. The zero-order chi connectivity index (χ0) is 16.9. The van der Waals surface area contributed by atoms with Crippen LogP contribution in [0.1, 0.15) is 42.9 Å². The van der Waals surface area contributed by atoms with Gasteiger partial charge < -0.3 is 5.73 Å². The highest BCUT2D eigenvalue weighted by Crippen LogP contribution is 2.34. The highest BCUT2D eigenvalue weighted by molar-refractivity contribution is 5.71. The Balaban J connectivity index is 2.09. The molecule has 1 nitrogen and oxygen atoms in total. The third-order valence-corrected chi connectivity index (χ3v) is 4.79. The number of benzene rings is 3. The molecule has 0 heterocycles. The summed E-state index contributed by atoms with van der Waals surface area (Å²) >= 11 is 0. The van der Waals surface area contributed by atoms with Crippen LogP contribution >= 0.6 is 0 Å². The van der Waals surface area contributed by atoms with E-state index in [1.54, 1.807) is 0 Å². The largest absolute Gasteiger partial charge is 0.398 e. The molecule has 24 heavy (non-hydrogen) atoms. The standard InChI is InChI=1S/C23H25N/c1-3-17(2)22-16-20(19-12-8-5-9-13-19)15-21(23(22)24)14-18-10-6-4-7-11-18/h4-13,15-17H,3,14,24H2,1-2H3. The SMILES string of the molecule is CCC(C)c1cc(-c2ccccc2)cc(Cc2ccccc2)c1N. The fourth-order valence-corrected chi connectivity index (χ4v) is 3.12. The van der Waals surface area contributed by atoms with Gasteiger partial charge in [0.15, 0.2) is 0 Å². The fraction of sp³-hybridized carbons (Fsp3) is 0.217. The Labute approximate surface area is 145 Å². The lowest BCUT2D eigenvalue weighted by Gasteiger charge is -2.18. The van der Waals surface area contributed by atoms with Crippen LogP contribution in [0.2, 0.25) is 0 Å². The molecule has 0 fully saturated rings. The number of nitrogens with two attached hydrogens (primary N) is 1. The Bertz CT molecular complexity index is 791. The molecule has 1 atom stereocenters. The maximum atomic E-state index is 6.55. The van der Waals surface area contributed by atoms with E-state index in [0.29, 0.717) is 5.92 Å². The summed E-state index contributed by atoms with van der Waals surface area (Å²) in [6.07, 6.45) is 1.96. The van der Waals surface area contributed by atoms with Gasteiger partial charge in [0.1, 0.15) is 0 Å². The second-order valence-electron chi connectivity index (χ2n) is 6.48. The molecule has 0 aliphatic rings. The Morgan fingerprint density at radius 2 is 1.46 bits per heavy atom. The van der Waals surface area contributed by atoms with E-state index in [9.17, 15) is 0 Å². The van der Waals surface area contributed by atoms with E-state index in [1.807, 2.05) is 0 Å². The zero-order valence-corrected chi connectivity index (χ0v) is 14.5. The normalized spacial score (nSPS) is 12.1. The Morgan fingerprint density at radius 3 is 2.08 bits per heavy atom. The zero-order valence-electron chi connectivity index (χ0n) is 14.5. The molecule has 0 saturated heterocycles. The van der Waals surface area contributed by atoms with Crippen molar-refractivity contribution in [3.8, 4) is 11.1 Å². The molecule has 0 bridgehead atoms. The third kappa shape index (κ3) is 3.51. The maximum absolute atomic E-state index is 6.55. The van der Waals surface area contributed by atoms with E-state index < -0.39 is 0 Å². The molecule has 0 saturated carbocycles. The van der Waals surface area contributed by atoms with Crippen LogP contribution in [0.4, 0.5) is 5.69 Å². The summed E-state index contributed by atoms with van der Waals surface area (Å²) in [5.41, 5.74) is 13.8. The molecular formula is C23H25N. The van der Waals surface area contributed by atoms with E-state index in [-0.39, 0.29) is 0 Å². The van der Waals surface area contributed by atoms with Gasteiger partial charge in [0.05, 0.1) is 0 Å². The molecule has 2 N–H and O–H groups in total. The van der Waals surface area contributed by atoms with Crippen LogP contribution in [0, 0.1) is 0 Å². The minimum Gasteiger partial charge on any atom is -0.398 e. The number of rotatable bonds is 5. The highest BCUT2D eigenvalue weighted by Gasteiger charge is 2.14. The van der Waals surface area contributed by atoms with Gasteiger partial charge in [0, 0.05) is 5.69 Å². The lowest BCUT2D eigenvalue weighted by molar-refractivity contribution is 0.735. The predicted octanol–water partition coefficient (Wildman–Crippen LogP) is 6.04. The molecule has 0 radical (unpaired) electrons. The highest BCUT2D eigenvalue weighted by atomic mass is 14.6. The van der Waals surface area contributed by atoms with Gasteiger partial charge in [-0.25, -0.2) is 0 Å². The maximum Gasteiger partial charge on any atom is 0.0385 e. The van der Waals surface area contributed by atoms with Crippen molar-refractivity contribution in [1.29, 1.82) is 0 Å². The molecule has 3 aromatic rings. The minimum atomic E-state index is 0.461. The lowest BCUT2D eigenvalue weighted by Crippen LogP contribution is -2.04. The third-order valence-electron chi connectivity index (χ3n) is 4.79. The molecule has 0 aliphatic heterocycles. The topological polar surface area (TPSA) is 26.0 Å². The van der Waals surface area contributed by atoms with Crippen molar-refractivity contribution in [3.05, 3.63) is 89.5 Å². The molecule has 0 spiro atoms. The molecule has 1 heteroatoms. The Morgan fingerprint density at radius 1 is 0.833 bits per heavy atom. The van der Waals surface area contributed by atoms with E-state index >= 15 is 0 Å². The number of hydrogen-bond donors (Lipinski definition) is 1. The van der Waals surface area contributed by atoms with Crippen molar-refractivity contribution >= 4 is 5.69 Å². The van der Waals surface area contributed by atoms with E-state index in [4.69, 9.17) is 5.73 Å². The van der Waals surface area contributed by atoms with Gasteiger partial charge in [-0.1, -0.05) is 74.5 Å². The average Bonchev–Trinajstić information content (AvgIpc) is 2.64. The van der Waals surface area contributed by atoms with Crippen molar-refractivity contribution in [2.24, 2.45) is 0 Å². The fourth-order valence-electron chi connectivity index (χ4n) is 3.12. The summed E-state index contributed by atoms with van der Waals surface area (Å²) in [4.78, 5) is 0. The Kier molecular flexibility index (Phi) is 5.00. The van der Waals surface area contributed by atoms with Gasteiger partial charge in [0.2, 0.25) is 0 Å². The van der Waals surface area contributed by atoms with Crippen molar-refractivity contribution in [2.75, 3.05) is 5.73 Å². The van der Waals surface area contributed by atoms with Crippen LogP contribution < -0.4 is 5.73 Å². The first kappa shape index (κ1) is 16.3. The van der Waals surface area contributed by atoms with Gasteiger partial charge >= 0.3 is 0 Å². The quantitative estimate of drug-likeness (QED) is 0.571. The predicted molar refractivity (Wildman–Crippen MR) is 104 cm³/mol. The van der Waals surface area contributed by atoms with E-state index in [0.717, 1.165) is 18.5 Å². The molecule has 0 amide bonds. The summed E-state index contributed by atoms with van der Waals surface area (Å²) in [6.45, 7) is 4.48. The summed E-state index contributed by atoms with van der Waals surface area (Å²) in [5, 5.41) is 0. The number of anilines is 1. The molecule has 1 unspecified atom stereocenters. The van der Waals surface area contributed by atoms with Gasteiger partial charge in [-0.3, -0.25) is 0 Å². The first-order valence-corrected chi connectivity index (χ1v) is 8.70. The summed E-state index contributed by atoms with van der Waals surface area (Å²) < 4.78 is 0. The smallest absolute Gasteiger partial charge is 0.0385 e. The molecule has 3 rings (SSSR count). The van der Waals surface area contributed by atoms with Crippen LogP contribution in [0.25, 0.3) is 11.1 Å². The monoisotopic (exact) mass is 315 g/mol. The number of hydrogen-bond acceptors (Lipinski definition) is 1. The van der Waals surface area contributed by atoms with Crippen molar-refractivity contribution in [2.45, 2.75) is 32.6 Å². The molecule has 3 aromatic carbocycles. The molecule has 122 valence electrons. The van der Waals surface area contributed by atoms with E-state index in [1.165, 1.54) is 27.8 Å². The first-order valence-electron chi connectivity index (χ1n) is 8.70. The summed E-state index contributed by atoms with van der Waals surface area (Å²) in [7, 11) is 0. The summed E-state index contributed by atoms with van der Waals surface area (Å²) in [5.74, 6) is 0.461. The van der Waals surface area contributed by atoms with Gasteiger partial charge in [-0.05, 0) is 58.7 Å². The summed E-state index contributed by atoms with van der Waals surface area (Å²) in [6, 6.07) is 25.6. The number of nitrogen functional groups attached to an aromatic ring is 1. The minimum absolute atomic E-state index is 0.461.